The molecule has 106 valence electrons. The Morgan fingerprint density at radius 3 is 2.75 bits per heavy atom. The van der Waals surface area contributed by atoms with Crippen LogP contribution in [-0.2, 0) is 6.42 Å². The van der Waals surface area contributed by atoms with Gasteiger partial charge < -0.3 is 4.74 Å². The highest BCUT2D eigenvalue weighted by molar-refractivity contribution is 6.31. The number of Topliss-reactive ketones (excluding diaryl/α,β-unsaturated/α-hetero) is 1. The molecule has 1 aromatic carbocycles. The van der Waals surface area contributed by atoms with Crippen molar-refractivity contribution in [3.63, 3.8) is 0 Å². The van der Waals surface area contributed by atoms with Crippen LogP contribution < -0.4 is 4.74 Å². The number of halogens is 1. The van der Waals surface area contributed by atoms with Gasteiger partial charge in [0.25, 0.3) is 0 Å². The van der Waals surface area contributed by atoms with Gasteiger partial charge in [-0.15, -0.1) is 0 Å². The fourth-order valence-electron chi connectivity index (χ4n) is 1.92. The summed E-state index contributed by atoms with van der Waals surface area (Å²) in [6.45, 7) is 4.08. The molecule has 1 heterocycles. The highest BCUT2D eigenvalue weighted by Crippen LogP contribution is 2.24. The van der Waals surface area contributed by atoms with E-state index in [1.807, 2.05) is 30.8 Å². The summed E-state index contributed by atoms with van der Waals surface area (Å²) in [7, 11) is 1.54. The Kier molecular flexibility index (Phi) is 4.45. The van der Waals surface area contributed by atoms with Gasteiger partial charge in [0.15, 0.2) is 5.78 Å². The minimum atomic E-state index is -0.0571. The Balaban J connectivity index is 2.21. The molecular formula is C15H17ClN2O2. The van der Waals surface area contributed by atoms with Crippen molar-refractivity contribution < 1.29 is 9.53 Å². The molecule has 0 N–H and O–H groups in total. The molecule has 1 aromatic heterocycles. The zero-order valence-electron chi connectivity index (χ0n) is 11.8. The second kappa shape index (κ2) is 6.09. The molecule has 2 rings (SSSR count). The van der Waals surface area contributed by atoms with Crippen LogP contribution in [0.5, 0.6) is 5.75 Å². The molecule has 0 amide bonds. The molecule has 0 bridgehead atoms. The van der Waals surface area contributed by atoms with Gasteiger partial charge in [-0.2, -0.15) is 5.10 Å². The zero-order valence-corrected chi connectivity index (χ0v) is 12.5. The Labute approximate surface area is 123 Å². The first-order valence-corrected chi connectivity index (χ1v) is 6.80. The molecule has 0 saturated heterocycles. The number of hydrogen-bond donors (Lipinski definition) is 0. The lowest BCUT2D eigenvalue weighted by Gasteiger charge is -2.07. The number of rotatable bonds is 5. The van der Waals surface area contributed by atoms with Crippen molar-refractivity contribution in [2.24, 2.45) is 0 Å². The maximum absolute atomic E-state index is 12.3. The van der Waals surface area contributed by atoms with Gasteiger partial charge in [-0.1, -0.05) is 11.6 Å². The summed E-state index contributed by atoms with van der Waals surface area (Å²) in [6.07, 6.45) is 2.11. The molecule has 0 saturated carbocycles. The van der Waals surface area contributed by atoms with Gasteiger partial charge in [0.1, 0.15) is 5.75 Å². The number of carbonyl (C=O) groups is 1. The van der Waals surface area contributed by atoms with Crippen LogP contribution in [0.3, 0.4) is 0 Å². The molecule has 0 unspecified atom stereocenters. The lowest BCUT2D eigenvalue weighted by atomic mass is 10.1. The number of nitrogens with zero attached hydrogens (tertiary/aromatic N) is 2. The fraction of sp³-hybridized carbons (Fsp3) is 0.333. The van der Waals surface area contributed by atoms with E-state index in [1.165, 1.54) is 7.11 Å². The van der Waals surface area contributed by atoms with E-state index >= 15 is 0 Å². The third-order valence-corrected chi connectivity index (χ3v) is 3.23. The molecule has 2 aromatic rings. The smallest absolute Gasteiger partial charge is 0.172 e. The lowest BCUT2D eigenvalue weighted by Crippen LogP contribution is -2.08. The summed E-state index contributed by atoms with van der Waals surface area (Å²) in [4.78, 5) is 12.3. The highest BCUT2D eigenvalue weighted by atomic mass is 35.5. The summed E-state index contributed by atoms with van der Waals surface area (Å²) < 4.78 is 7.03. The molecule has 4 nitrogen and oxygen atoms in total. The van der Waals surface area contributed by atoms with E-state index in [1.54, 1.807) is 18.2 Å². The van der Waals surface area contributed by atoms with E-state index in [0.29, 0.717) is 16.3 Å². The number of benzene rings is 1. The van der Waals surface area contributed by atoms with Gasteiger partial charge in [-0.3, -0.25) is 9.48 Å². The van der Waals surface area contributed by atoms with Crippen LogP contribution in [0.4, 0.5) is 0 Å². The predicted octanol–water partition coefficient (Wildman–Crippen LogP) is 3.55. The number of carbonyl (C=O) groups excluding carboxylic acids is 1. The quantitative estimate of drug-likeness (QED) is 0.792. The SMILES string of the molecule is COc1ccc(Cl)cc1C(=O)Cc1ccn(C(C)C)n1. The monoisotopic (exact) mass is 292 g/mol. The lowest BCUT2D eigenvalue weighted by molar-refractivity contribution is 0.0988. The molecule has 0 atom stereocenters. The fourth-order valence-corrected chi connectivity index (χ4v) is 2.09. The summed E-state index contributed by atoms with van der Waals surface area (Å²) in [5.74, 6) is 0.473. The summed E-state index contributed by atoms with van der Waals surface area (Å²) in [6, 6.07) is 7.16. The molecule has 0 radical (unpaired) electrons. The van der Waals surface area contributed by atoms with Crippen LogP contribution in [0.1, 0.15) is 35.9 Å². The highest BCUT2D eigenvalue weighted by Gasteiger charge is 2.15. The number of ketones is 1. The van der Waals surface area contributed by atoms with Gasteiger partial charge in [0.2, 0.25) is 0 Å². The maximum atomic E-state index is 12.3. The second-order valence-electron chi connectivity index (χ2n) is 4.83. The van der Waals surface area contributed by atoms with Crippen molar-refractivity contribution in [2.45, 2.75) is 26.3 Å². The minimum absolute atomic E-state index is 0.0571. The van der Waals surface area contributed by atoms with Crippen molar-refractivity contribution in [1.82, 2.24) is 9.78 Å². The maximum Gasteiger partial charge on any atom is 0.172 e. The Hall–Kier alpha value is -1.81. The third-order valence-electron chi connectivity index (χ3n) is 3.00. The van der Waals surface area contributed by atoms with Crippen molar-refractivity contribution in [2.75, 3.05) is 7.11 Å². The Morgan fingerprint density at radius 1 is 1.40 bits per heavy atom. The molecule has 0 fully saturated rings. The average Bonchev–Trinajstić information content (AvgIpc) is 2.87. The van der Waals surface area contributed by atoms with Crippen molar-refractivity contribution >= 4 is 17.4 Å². The van der Waals surface area contributed by atoms with Crippen molar-refractivity contribution in [1.29, 1.82) is 0 Å². The van der Waals surface area contributed by atoms with E-state index in [9.17, 15) is 4.79 Å². The van der Waals surface area contributed by atoms with E-state index in [-0.39, 0.29) is 18.2 Å². The molecule has 0 spiro atoms. The van der Waals surface area contributed by atoms with E-state index in [0.717, 1.165) is 5.69 Å². The Morgan fingerprint density at radius 2 is 2.15 bits per heavy atom. The normalized spacial score (nSPS) is 10.8. The molecular weight excluding hydrogens is 276 g/mol. The van der Waals surface area contributed by atoms with Gasteiger partial charge in [0.05, 0.1) is 24.8 Å². The molecule has 0 aliphatic rings. The number of methoxy groups -OCH3 is 1. The first-order valence-electron chi connectivity index (χ1n) is 6.42. The third kappa shape index (κ3) is 3.20. The van der Waals surface area contributed by atoms with Crippen LogP contribution in [0.15, 0.2) is 30.5 Å². The number of ether oxygens (including phenoxy) is 1. The van der Waals surface area contributed by atoms with Gasteiger partial charge >= 0.3 is 0 Å². The zero-order chi connectivity index (χ0) is 14.7. The molecule has 5 heteroatoms. The largest absolute Gasteiger partial charge is 0.496 e. The number of hydrogen-bond acceptors (Lipinski definition) is 3. The van der Waals surface area contributed by atoms with E-state index < -0.39 is 0 Å². The molecule has 0 aliphatic carbocycles. The second-order valence-corrected chi connectivity index (χ2v) is 5.26. The van der Waals surface area contributed by atoms with Crippen LogP contribution in [0.25, 0.3) is 0 Å². The van der Waals surface area contributed by atoms with Gasteiger partial charge in [-0.05, 0) is 38.1 Å². The minimum Gasteiger partial charge on any atom is -0.496 e. The summed E-state index contributed by atoms with van der Waals surface area (Å²) >= 11 is 5.94. The van der Waals surface area contributed by atoms with Gasteiger partial charge in [0, 0.05) is 17.3 Å². The van der Waals surface area contributed by atoms with Crippen molar-refractivity contribution in [3.8, 4) is 5.75 Å². The topological polar surface area (TPSA) is 44.1 Å². The van der Waals surface area contributed by atoms with Crippen LogP contribution in [-0.4, -0.2) is 22.7 Å². The average molecular weight is 293 g/mol. The summed E-state index contributed by atoms with van der Waals surface area (Å²) in [5, 5.41) is 4.89. The van der Waals surface area contributed by atoms with Crippen LogP contribution >= 0.6 is 11.6 Å². The van der Waals surface area contributed by atoms with Gasteiger partial charge in [-0.25, -0.2) is 0 Å². The van der Waals surface area contributed by atoms with Crippen LogP contribution in [0.2, 0.25) is 5.02 Å². The number of aromatic nitrogens is 2. The first-order chi connectivity index (χ1) is 9.51. The van der Waals surface area contributed by atoms with E-state index in [2.05, 4.69) is 5.10 Å². The molecule has 0 aliphatic heterocycles. The molecule has 20 heavy (non-hydrogen) atoms. The van der Waals surface area contributed by atoms with Crippen molar-refractivity contribution in [3.05, 3.63) is 46.7 Å². The predicted molar refractivity (Wildman–Crippen MR) is 78.7 cm³/mol. The van der Waals surface area contributed by atoms with E-state index in [4.69, 9.17) is 16.3 Å². The Bertz CT molecular complexity index is 620. The first kappa shape index (κ1) is 14.6. The standard InChI is InChI=1S/C15H17ClN2O2/c1-10(2)18-7-6-12(17-18)9-14(19)13-8-11(16)4-5-15(13)20-3/h4-8,10H,9H2,1-3H3. The van der Waals surface area contributed by atoms with Crippen LogP contribution in [0, 0.1) is 0 Å². The summed E-state index contributed by atoms with van der Waals surface area (Å²) in [5.41, 5.74) is 1.23.